The smallest absolute Gasteiger partial charge is 0.0957 e. The predicted molar refractivity (Wildman–Crippen MR) is 80.0 cm³/mol. The molecule has 2 atom stereocenters. The van der Waals surface area contributed by atoms with Gasteiger partial charge in [0.2, 0.25) is 0 Å². The Kier molecular flexibility index (Phi) is 2.91. The van der Waals surface area contributed by atoms with Crippen LogP contribution in [0, 0.1) is 5.92 Å². The topological polar surface area (TPSA) is 47.3 Å². The average molecular weight is 284 g/mol. The Balaban J connectivity index is 1.81. The molecule has 1 fully saturated rings. The van der Waals surface area contributed by atoms with Crippen molar-refractivity contribution in [2.45, 2.75) is 31.4 Å². The van der Waals surface area contributed by atoms with Gasteiger partial charge >= 0.3 is 0 Å². The fraction of sp³-hybridized carbons (Fsp3) is 0.471. The van der Waals surface area contributed by atoms with Crippen LogP contribution in [-0.4, -0.2) is 33.5 Å². The second-order valence-electron chi connectivity index (χ2n) is 6.29. The summed E-state index contributed by atoms with van der Waals surface area (Å²) in [7, 11) is 0. The van der Waals surface area contributed by atoms with E-state index in [2.05, 4.69) is 21.7 Å². The third kappa shape index (κ3) is 1.86. The lowest BCUT2D eigenvalue weighted by Gasteiger charge is -2.40. The summed E-state index contributed by atoms with van der Waals surface area (Å²) < 4.78 is 7.58. The summed E-state index contributed by atoms with van der Waals surface area (Å²) in [5.41, 5.74) is 2.69. The van der Waals surface area contributed by atoms with Crippen LogP contribution >= 0.6 is 0 Å². The van der Waals surface area contributed by atoms with Gasteiger partial charge < -0.3 is 14.4 Å². The van der Waals surface area contributed by atoms with Crippen molar-refractivity contribution < 1.29 is 9.84 Å². The molecular formula is C17H20N2O2. The molecule has 110 valence electrons. The molecule has 0 radical (unpaired) electrons. The number of benzene rings is 1. The van der Waals surface area contributed by atoms with Gasteiger partial charge in [-0.3, -0.25) is 0 Å². The van der Waals surface area contributed by atoms with Gasteiger partial charge in [-0.1, -0.05) is 24.3 Å². The highest BCUT2D eigenvalue weighted by molar-refractivity contribution is 5.69. The molecule has 1 N–H and O–H groups in total. The number of ether oxygens (including phenoxy) is 1. The lowest BCUT2D eigenvalue weighted by atomic mass is 9.76. The maximum atomic E-state index is 11.3. The summed E-state index contributed by atoms with van der Waals surface area (Å²) in [5.74, 6) is 0.248. The number of nitrogens with zero attached hydrogens (tertiary/aromatic N) is 2. The van der Waals surface area contributed by atoms with Crippen LogP contribution in [0.1, 0.15) is 31.4 Å². The minimum atomic E-state index is -0.800. The van der Waals surface area contributed by atoms with Gasteiger partial charge in [0.25, 0.3) is 0 Å². The molecule has 1 saturated heterocycles. The maximum absolute atomic E-state index is 11.3. The van der Waals surface area contributed by atoms with Gasteiger partial charge in [0.1, 0.15) is 0 Å². The summed E-state index contributed by atoms with van der Waals surface area (Å²) >= 11 is 0. The van der Waals surface area contributed by atoms with Crippen LogP contribution < -0.4 is 0 Å². The summed E-state index contributed by atoms with van der Waals surface area (Å²) in [6.07, 6.45) is 5.55. The van der Waals surface area contributed by atoms with Gasteiger partial charge in [-0.25, -0.2) is 4.98 Å². The van der Waals surface area contributed by atoms with E-state index in [1.807, 2.05) is 31.6 Å². The van der Waals surface area contributed by atoms with Crippen LogP contribution in [0.15, 0.2) is 36.8 Å². The predicted octanol–water partition coefficient (Wildman–Crippen LogP) is 2.63. The van der Waals surface area contributed by atoms with Gasteiger partial charge in [-0.05, 0) is 31.2 Å². The summed E-state index contributed by atoms with van der Waals surface area (Å²) in [6, 6.07) is 8.27. The molecule has 0 spiro atoms. The Labute approximate surface area is 124 Å². The van der Waals surface area contributed by atoms with Gasteiger partial charge in [-0.15, -0.1) is 0 Å². The van der Waals surface area contributed by atoms with E-state index in [-0.39, 0.29) is 12.0 Å². The van der Waals surface area contributed by atoms with E-state index in [0.29, 0.717) is 0 Å². The second kappa shape index (κ2) is 4.68. The molecular weight excluding hydrogens is 264 g/mol. The van der Waals surface area contributed by atoms with E-state index in [0.717, 1.165) is 31.7 Å². The van der Waals surface area contributed by atoms with Crippen molar-refractivity contribution in [1.82, 2.24) is 9.55 Å². The van der Waals surface area contributed by atoms with Crippen molar-refractivity contribution in [2.75, 3.05) is 13.2 Å². The largest absolute Gasteiger partial charge is 0.387 e. The molecule has 4 nitrogen and oxygen atoms in total. The molecule has 2 aromatic rings. The van der Waals surface area contributed by atoms with Gasteiger partial charge in [0.15, 0.2) is 0 Å². The first-order valence-electron chi connectivity index (χ1n) is 7.61. The Bertz CT molecular complexity index is 656. The van der Waals surface area contributed by atoms with Crippen LogP contribution in [0.4, 0.5) is 0 Å². The number of aliphatic hydroxyl groups is 1. The summed E-state index contributed by atoms with van der Waals surface area (Å²) in [4.78, 5) is 4.28. The quantitative estimate of drug-likeness (QED) is 0.922. The monoisotopic (exact) mass is 284 g/mol. The Morgan fingerprint density at radius 3 is 2.86 bits per heavy atom. The number of hydrogen-bond donors (Lipinski definition) is 1. The van der Waals surface area contributed by atoms with Gasteiger partial charge in [0, 0.05) is 18.8 Å². The van der Waals surface area contributed by atoms with E-state index in [4.69, 9.17) is 4.74 Å². The highest BCUT2D eigenvalue weighted by Crippen LogP contribution is 2.48. The first-order valence-corrected chi connectivity index (χ1v) is 7.61. The molecule has 0 amide bonds. The second-order valence-corrected chi connectivity index (χ2v) is 6.29. The first-order chi connectivity index (χ1) is 10.2. The number of imidazole rings is 1. The molecule has 0 saturated carbocycles. The van der Waals surface area contributed by atoms with Crippen molar-refractivity contribution in [3.63, 3.8) is 0 Å². The van der Waals surface area contributed by atoms with E-state index in [1.54, 1.807) is 0 Å². The highest BCUT2D eigenvalue weighted by Gasteiger charge is 2.46. The third-order valence-electron chi connectivity index (χ3n) is 5.08. The fourth-order valence-electron chi connectivity index (χ4n) is 3.94. The van der Waals surface area contributed by atoms with E-state index < -0.39 is 5.60 Å². The molecule has 0 aliphatic carbocycles. The zero-order valence-electron chi connectivity index (χ0n) is 12.2. The van der Waals surface area contributed by atoms with Crippen molar-refractivity contribution in [2.24, 2.45) is 5.92 Å². The van der Waals surface area contributed by atoms with Crippen molar-refractivity contribution in [3.8, 4) is 11.3 Å². The SMILES string of the molecule is CC(O)(C1CCOCC1)[C@H]1c2ccccc2-c2cncn21. The Hall–Kier alpha value is -1.65. The highest BCUT2D eigenvalue weighted by atomic mass is 16.5. The molecule has 3 heterocycles. The Morgan fingerprint density at radius 1 is 1.29 bits per heavy atom. The molecule has 1 aromatic carbocycles. The van der Waals surface area contributed by atoms with E-state index >= 15 is 0 Å². The Morgan fingerprint density at radius 2 is 2.05 bits per heavy atom. The van der Waals surface area contributed by atoms with E-state index in [9.17, 15) is 5.11 Å². The molecule has 0 bridgehead atoms. The van der Waals surface area contributed by atoms with Crippen LogP contribution in [0.2, 0.25) is 0 Å². The number of fused-ring (bicyclic) bond motifs is 3. The molecule has 2 aliphatic rings. The van der Waals surface area contributed by atoms with E-state index in [1.165, 1.54) is 11.1 Å². The molecule has 21 heavy (non-hydrogen) atoms. The fourth-order valence-corrected chi connectivity index (χ4v) is 3.94. The lowest BCUT2D eigenvalue weighted by molar-refractivity contribution is -0.0747. The molecule has 1 unspecified atom stereocenters. The third-order valence-corrected chi connectivity index (χ3v) is 5.08. The summed E-state index contributed by atoms with van der Waals surface area (Å²) in [6.45, 7) is 3.46. The minimum Gasteiger partial charge on any atom is -0.387 e. The van der Waals surface area contributed by atoms with Gasteiger partial charge in [0.05, 0.1) is 29.9 Å². The number of rotatable bonds is 2. The molecule has 2 aliphatic heterocycles. The first kappa shape index (κ1) is 13.0. The van der Waals surface area contributed by atoms with Crippen molar-refractivity contribution >= 4 is 0 Å². The molecule has 1 aromatic heterocycles. The van der Waals surface area contributed by atoms with Crippen molar-refractivity contribution in [3.05, 3.63) is 42.4 Å². The minimum absolute atomic E-state index is 0.0608. The number of hydrogen-bond acceptors (Lipinski definition) is 3. The summed E-state index contributed by atoms with van der Waals surface area (Å²) in [5, 5.41) is 11.3. The number of aromatic nitrogens is 2. The zero-order chi connectivity index (χ0) is 14.4. The van der Waals surface area contributed by atoms with Crippen molar-refractivity contribution in [1.29, 1.82) is 0 Å². The molecule has 4 heteroatoms. The van der Waals surface area contributed by atoms with Crippen LogP contribution in [0.3, 0.4) is 0 Å². The zero-order valence-corrected chi connectivity index (χ0v) is 12.2. The van der Waals surface area contributed by atoms with Crippen LogP contribution in [-0.2, 0) is 4.74 Å². The average Bonchev–Trinajstić information content (AvgIpc) is 3.08. The lowest BCUT2D eigenvalue weighted by Crippen LogP contribution is -2.45. The molecule has 4 rings (SSSR count). The van der Waals surface area contributed by atoms with Gasteiger partial charge in [-0.2, -0.15) is 0 Å². The van der Waals surface area contributed by atoms with Crippen LogP contribution in [0.5, 0.6) is 0 Å². The maximum Gasteiger partial charge on any atom is 0.0957 e. The normalized spacial score (nSPS) is 24.4. The standard InChI is InChI=1S/C17H20N2O2/c1-17(20,12-6-8-21-9-7-12)16-14-5-3-2-4-13(14)15-10-18-11-19(15)16/h2-5,10-12,16,20H,6-9H2,1H3/t16-,17?/m1/s1. The van der Waals surface area contributed by atoms with Crippen LogP contribution in [0.25, 0.3) is 11.3 Å².